The molecule has 0 spiro atoms. The maximum absolute atomic E-state index is 12.7. The molecule has 0 unspecified atom stereocenters. The first-order valence-corrected chi connectivity index (χ1v) is 11.7. The van der Waals surface area contributed by atoms with Gasteiger partial charge in [0.2, 0.25) is 11.8 Å². The highest BCUT2D eigenvalue weighted by atomic mass is 32.1. The number of amides is 2. The SMILES string of the molecule is CCC(=O)N(Cc1ccc(OCCc2scnc2C)c(OC)c1)[C@H]1CCCCNC1=O. The number of nitrogens with zero attached hydrogens (tertiary/aromatic N) is 2. The highest BCUT2D eigenvalue weighted by Gasteiger charge is 2.30. The van der Waals surface area contributed by atoms with E-state index in [2.05, 4.69) is 10.3 Å². The van der Waals surface area contributed by atoms with Gasteiger partial charge in [0.1, 0.15) is 6.04 Å². The predicted molar refractivity (Wildman–Crippen MR) is 121 cm³/mol. The minimum Gasteiger partial charge on any atom is -0.493 e. The van der Waals surface area contributed by atoms with Crippen LogP contribution in [-0.4, -0.2) is 48.0 Å². The Morgan fingerprint density at radius 3 is 2.87 bits per heavy atom. The maximum Gasteiger partial charge on any atom is 0.242 e. The summed E-state index contributed by atoms with van der Waals surface area (Å²) < 4.78 is 11.5. The van der Waals surface area contributed by atoms with Gasteiger partial charge < -0.3 is 19.7 Å². The molecule has 31 heavy (non-hydrogen) atoms. The van der Waals surface area contributed by atoms with Crippen molar-refractivity contribution in [1.82, 2.24) is 15.2 Å². The maximum atomic E-state index is 12.7. The first-order valence-electron chi connectivity index (χ1n) is 10.8. The summed E-state index contributed by atoms with van der Waals surface area (Å²) in [6, 6.07) is 5.26. The second-order valence-electron chi connectivity index (χ2n) is 7.62. The third-order valence-corrected chi connectivity index (χ3v) is 6.51. The number of rotatable bonds is 9. The molecular weight excluding hydrogens is 414 g/mol. The van der Waals surface area contributed by atoms with Gasteiger partial charge in [0.25, 0.3) is 0 Å². The molecule has 1 aliphatic heterocycles. The van der Waals surface area contributed by atoms with Crippen molar-refractivity contribution in [2.75, 3.05) is 20.3 Å². The number of nitrogens with one attached hydrogen (secondary N) is 1. The van der Waals surface area contributed by atoms with Crippen molar-refractivity contribution in [2.45, 2.75) is 58.5 Å². The highest BCUT2D eigenvalue weighted by molar-refractivity contribution is 7.09. The van der Waals surface area contributed by atoms with Gasteiger partial charge in [0.05, 0.1) is 24.9 Å². The van der Waals surface area contributed by atoms with Crippen molar-refractivity contribution < 1.29 is 19.1 Å². The molecule has 1 N–H and O–H groups in total. The summed E-state index contributed by atoms with van der Waals surface area (Å²) in [6.45, 7) is 5.39. The third-order valence-electron chi connectivity index (χ3n) is 5.52. The lowest BCUT2D eigenvalue weighted by atomic mass is 10.1. The molecule has 0 saturated carbocycles. The van der Waals surface area contributed by atoms with E-state index in [-0.39, 0.29) is 11.8 Å². The number of aromatic nitrogens is 1. The summed E-state index contributed by atoms with van der Waals surface area (Å²) in [4.78, 5) is 32.4. The van der Waals surface area contributed by atoms with Crippen LogP contribution in [0.3, 0.4) is 0 Å². The van der Waals surface area contributed by atoms with Crippen molar-refractivity contribution >= 4 is 23.2 Å². The molecule has 1 atom stereocenters. The number of carbonyl (C=O) groups is 2. The molecule has 1 aromatic carbocycles. The van der Waals surface area contributed by atoms with E-state index in [1.165, 1.54) is 4.88 Å². The lowest BCUT2D eigenvalue weighted by molar-refractivity contribution is -0.141. The van der Waals surface area contributed by atoms with Gasteiger partial charge in [-0.1, -0.05) is 13.0 Å². The Morgan fingerprint density at radius 1 is 1.32 bits per heavy atom. The van der Waals surface area contributed by atoms with E-state index in [0.29, 0.717) is 44.0 Å². The van der Waals surface area contributed by atoms with Crippen LogP contribution in [0.15, 0.2) is 23.7 Å². The molecule has 0 bridgehead atoms. The summed E-state index contributed by atoms with van der Waals surface area (Å²) in [5, 5.41) is 2.93. The quantitative estimate of drug-likeness (QED) is 0.639. The van der Waals surface area contributed by atoms with Crippen molar-refractivity contribution in [1.29, 1.82) is 0 Å². The normalized spacial score (nSPS) is 16.4. The number of hydrogen-bond acceptors (Lipinski definition) is 6. The Morgan fingerprint density at radius 2 is 2.16 bits per heavy atom. The summed E-state index contributed by atoms with van der Waals surface area (Å²) in [5.74, 6) is 1.19. The zero-order chi connectivity index (χ0) is 22.2. The number of ether oxygens (including phenoxy) is 2. The summed E-state index contributed by atoms with van der Waals surface area (Å²) in [5.41, 5.74) is 3.79. The van der Waals surface area contributed by atoms with Gasteiger partial charge in [0.15, 0.2) is 11.5 Å². The van der Waals surface area contributed by atoms with E-state index in [1.54, 1.807) is 23.3 Å². The highest BCUT2D eigenvalue weighted by Crippen LogP contribution is 2.30. The smallest absolute Gasteiger partial charge is 0.242 e. The van der Waals surface area contributed by atoms with Crippen LogP contribution in [0.25, 0.3) is 0 Å². The van der Waals surface area contributed by atoms with Crippen LogP contribution in [0, 0.1) is 6.92 Å². The minimum absolute atomic E-state index is 0.0266. The van der Waals surface area contributed by atoms with E-state index in [1.807, 2.05) is 37.6 Å². The minimum atomic E-state index is -0.431. The van der Waals surface area contributed by atoms with Crippen LogP contribution in [-0.2, 0) is 22.6 Å². The second kappa shape index (κ2) is 11.1. The molecule has 2 aromatic rings. The van der Waals surface area contributed by atoms with Gasteiger partial charge in [-0.15, -0.1) is 11.3 Å². The van der Waals surface area contributed by atoms with Gasteiger partial charge in [-0.3, -0.25) is 9.59 Å². The van der Waals surface area contributed by atoms with Crippen molar-refractivity contribution in [2.24, 2.45) is 0 Å². The zero-order valence-electron chi connectivity index (χ0n) is 18.5. The number of carbonyl (C=O) groups excluding carboxylic acids is 2. The van der Waals surface area contributed by atoms with E-state index >= 15 is 0 Å². The fourth-order valence-electron chi connectivity index (χ4n) is 3.74. The summed E-state index contributed by atoms with van der Waals surface area (Å²) in [6.07, 6.45) is 3.70. The van der Waals surface area contributed by atoms with Gasteiger partial charge in [-0.2, -0.15) is 0 Å². The molecule has 7 nitrogen and oxygen atoms in total. The van der Waals surface area contributed by atoms with E-state index in [0.717, 1.165) is 30.5 Å². The molecule has 0 radical (unpaired) electrons. The molecular formula is C23H31N3O4S. The molecule has 1 aromatic heterocycles. The van der Waals surface area contributed by atoms with Gasteiger partial charge in [-0.05, 0) is 43.9 Å². The largest absolute Gasteiger partial charge is 0.493 e. The number of methoxy groups -OCH3 is 1. The fourth-order valence-corrected chi connectivity index (χ4v) is 4.50. The number of aryl methyl sites for hydroxylation is 1. The third kappa shape index (κ3) is 5.97. The molecule has 3 rings (SSSR count). The van der Waals surface area contributed by atoms with Crippen LogP contribution >= 0.6 is 11.3 Å². The molecule has 2 amide bonds. The molecule has 0 aliphatic carbocycles. The molecule has 1 saturated heterocycles. The number of benzene rings is 1. The Hall–Kier alpha value is -2.61. The van der Waals surface area contributed by atoms with Crippen LogP contribution < -0.4 is 14.8 Å². The first-order chi connectivity index (χ1) is 15.0. The zero-order valence-corrected chi connectivity index (χ0v) is 19.3. The van der Waals surface area contributed by atoms with E-state index in [4.69, 9.17) is 9.47 Å². The number of hydrogen-bond donors (Lipinski definition) is 1. The van der Waals surface area contributed by atoms with Crippen LogP contribution in [0.5, 0.6) is 11.5 Å². The Kier molecular flexibility index (Phi) is 8.28. The standard InChI is InChI=1S/C23H31N3O4S/c1-4-22(27)26(18-7-5-6-11-24-23(18)28)14-17-8-9-19(20(13-17)29-3)30-12-10-21-16(2)25-15-31-21/h8-9,13,15,18H,4-7,10-12,14H2,1-3H3,(H,24,28)/t18-/m0/s1. The number of thiazole rings is 1. The van der Waals surface area contributed by atoms with Gasteiger partial charge in [-0.25, -0.2) is 4.98 Å². The Bertz CT molecular complexity index is 899. The first kappa shape index (κ1) is 23.1. The van der Waals surface area contributed by atoms with Crippen molar-refractivity contribution in [3.8, 4) is 11.5 Å². The van der Waals surface area contributed by atoms with Crippen molar-refractivity contribution in [3.63, 3.8) is 0 Å². The average Bonchev–Trinajstić information content (AvgIpc) is 3.06. The summed E-state index contributed by atoms with van der Waals surface area (Å²) >= 11 is 1.63. The molecule has 1 fully saturated rings. The second-order valence-corrected chi connectivity index (χ2v) is 8.56. The van der Waals surface area contributed by atoms with Crippen LogP contribution in [0.2, 0.25) is 0 Å². The van der Waals surface area contributed by atoms with Gasteiger partial charge in [0, 0.05) is 30.8 Å². The molecule has 2 heterocycles. The topological polar surface area (TPSA) is 80.8 Å². The fraction of sp³-hybridized carbons (Fsp3) is 0.522. The monoisotopic (exact) mass is 445 g/mol. The molecule has 168 valence electrons. The predicted octanol–water partition coefficient (Wildman–Crippen LogP) is 3.49. The average molecular weight is 446 g/mol. The lowest BCUT2D eigenvalue weighted by Gasteiger charge is -2.30. The Balaban J connectivity index is 1.70. The van der Waals surface area contributed by atoms with Crippen molar-refractivity contribution in [3.05, 3.63) is 39.8 Å². The lowest BCUT2D eigenvalue weighted by Crippen LogP contribution is -2.48. The van der Waals surface area contributed by atoms with Crippen LogP contribution in [0.4, 0.5) is 0 Å². The molecule has 8 heteroatoms. The molecule has 1 aliphatic rings. The van der Waals surface area contributed by atoms with E-state index in [9.17, 15) is 9.59 Å². The van der Waals surface area contributed by atoms with E-state index < -0.39 is 6.04 Å². The summed E-state index contributed by atoms with van der Waals surface area (Å²) in [7, 11) is 1.60. The Labute approximate surface area is 187 Å². The van der Waals surface area contributed by atoms with Gasteiger partial charge >= 0.3 is 0 Å². The van der Waals surface area contributed by atoms with Crippen LogP contribution in [0.1, 0.15) is 48.7 Å².